The van der Waals surface area contributed by atoms with Gasteiger partial charge in [-0.25, -0.2) is 8.78 Å². The number of rotatable bonds is 32. The molecule has 554 valence electrons. The standard InChI is InChI=1S/C73H110F2N12O13/c1-16-45(6)61(70(98)81(12)47(8)65(93)87-36-32-55(87)69(97)85(17-2)58(68(96)80(11)42-60(89)90)40-48-28-26-44(5)27-29-48)77-63(91)56(37-43(3)4)82(13)59(88)41-57(67(95)79(9)10)83(14)71(99)62(50-23-18-19-24-50)84(15)72(100)73(33-20-21-34-73)78-64(92)54-25-22-35-86(54)66(94)53(76)31-30-49-38-51(74)46(7)52(75)39-49/h26-29,38-39,43,45,47,50,53-58,61-62H,16-25,30-37,40-42,76H2,1-15H3,(H,77,91)(H,78,92)(H,89,90)/t45-,47-,53-,54-,55-,56-,57-,58-,61-,62-/m0/s1. The highest BCUT2D eigenvalue weighted by Gasteiger charge is 2.52. The molecule has 100 heavy (non-hydrogen) atoms. The third-order valence-electron chi connectivity index (χ3n) is 21.3. The Morgan fingerprint density at radius 2 is 1.27 bits per heavy atom. The van der Waals surface area contributed by atoms with Crippen molar-refractivity contribution in [3.63, 3.8) is 0 Å². The fourth-order valence-electron chi connectivity index (χ4n) is 14.5. The molecule has 2 aromatic carbocycles. The SMILES string of the molecule is CC[C@H](C)[C@H](NC(=O)[C@H](CC(C)C)N(C)C(=O)C[C@@H](C(=O)N(C)C)N(C)C(=O)[C@H](C1CCCC1)N(C)C(=O)C1(NC(=O)[C@@H]2CCCN2C(=O)[C@@H](N)CCc2cc(F)c(C)c(F)c2)CCCC1)C(=O)N(C)[C@@H](C)C(=O)N1CC[C@H]1C(=O)N(CC)[C@@H](Cc1ccc(C)cc1)C(=O)N(C)CC(=O)O. The molecule has 2 heterocycles. The lowest BCUT2D eigenvalue weighted by Gasteiger charge is -2.45. The number of nitrogens with one attached hydrogen (secondary N) is 2. The Morgan fingerprint density at radius 3 is 1.81 bits per heavy atom. The van der Waals surface area contributed by atoms with Gasteiger partial charge in [-0.05, 0) is 133 Å². The van der Waals surface area contributed by atoms with Crippen LogP contribution >= 0.6 is 0 Å². The molecule has 4 aliphatic rings. The predicted octanol–water partition coefficient (Wildman–Crippen LogP) is 4.44. The van der Waals surface area contributed by atoms with E-state index < -0.39 is 161 Å². The topological polar surface area (TPSA) is 304 Å². The van der Waals surface area contributed by atoms with Crippen LogP contribution in [-0.4, -0.2) is 256 Å². The van der Waals surface area contributed by atoms with Crippen molar-refractivity contribution in [1.29, 1.82) is 0 Å². The summed E-state index contributed by atoms with van der Waals surface area (Å²) in [5.41, 5.74) is 6.85. The normalized spacial score (nSPS) is 19.0. The maximum absolute atomic E-state index is 15.4. The number of halogens is 2. The molecule has 0 radical (unpaired) electrons. The second kappa shape index (κ2) is 35.5. The lowest BCUT2D eigenvalue weighted by Crippen LogP contribution is -2.65. The van der Waals surface area contributed by atoms with Crippen molar-refractivity contribution in [3.8, 4) is 0 Å². The van der Waals surface area contributed by atoms with Crippen LogP contribution in [0.25, 0.3) is 0 Å². The summed E-state index contributed by atoms with van der Waals surface area (Å²) in [6, 6.07) is -0.518. The molecular formula is C73H110F2N12O13. The number of aliphatic carboxylic acids is 1. The molecule has 2 aromatic rings. The summed E-state index contributed by atoms with van der Waals surface area (Å²) in [6.07, 6.45) is 5.46. The minimum Gasteiger partial charge on any atom is -0.480 e. The summed E-state index contributed by atoms with van der Waals surface area (Å²) in [7, 11) is 10.1. The van der Waals surface area contributed by atoms with E-state index in [0.717, 1.165) is 28.9 Å². The number of carboxylic acids is 1. The number of likely N-dealkylation sites (N-methyl/N-ethyl adjacent to an activating group) is 7. The first-order valence-electron chi connectivity index (χ1n) is 35.6. The zero-order valence-electron chi connectivity index (χ0n) is 61.4. The Labute approximate surface area is 588 Å². The summed E-state index contributed by atoms with van der Waals surface area (Å²) in [4.78, 5) is 184. The fraction of sp³-hybridized carbons (Fsp3) is 0.671. The maximum Gasteiger partial charge on any atom is 0.323 e. The van der Waals surface area contributed by atoms with Crippen molar-refractivity contribution < 1.29 is 71.4 Å². The number of benzene rings is 2. The van der Waals surface area contributed by atoms with E-state index in [1.54, 1.807) is 13.8 Å². The minimum atomic E-state index is -1.46. The zero-order chi connectivity index (χ0) is 74.5. The van der Waals surface area contributed by atoms with Crippen LogP contribution in [0.2, 0.25) is 0 Å². The van der Waals surface area contributed by atoms with Crippen molar-refractivity contribution in [2.24, 2.45) is 23.5 Å². The molecule has 25 nitrogen and oxygen atoms in total. The quantitative estimate of drug-likeness (QED) is 0.0788. The third-order valence-corrected chi connectivity index (χ3v) is 21.3. The fourth-order valence-corrected chi connectivity index (χ4v) is 14.5. The van der Waals surface area contributed by atoms with Gasteiger partial charge in [0.05, 0.1) is 12.5 Å². The van der Waals surface area contributed by atoms with Gasteiger partial charge in [-0.2, -0.15) is 0 Å². The summed E-state index contributed by atoms with van der Waals surface area (Å²) < 4.78 is 28.7. The van der Waals surface area contributed by atoms with Gasteiger partial charge in [-0.1, -0.05) is 89.6 Å². The summed E-state index contributed by atoms with van der Waals surface area (Å²) in [5.74, 6) is -10.2. The number of carboxylic acid groups (broad SMARTS) is 1. The summed E-state index contributed by atoms with van der Waals surface area (Å²) in [5, 5.41) is 15.5. The molecule has 11 amide bonds. The number of carbonyl (C=O) groups is 12. The molecule has 2 aliphatic heterocycles. The average molecular weight is 1400 g/mol. The van der Waals surface area contributed by atoms with Crippen LogP contribution in [0.1, 0.15) is 160 Å². The molecule has 0 aromatic heterocycles. The van der Waals surface area contributed by atoms with Gasteiger partial charge in [0.15, 0.2) is 0 Å². The van der Waals surface area contributed by atoms with Crippen LogP contribution < -0.4 is 16.4 Å². The van der Waals surface area contributed by atoms with E-state index in [9.17, 15) is 61.8 Å². The highest BCUT2D eigenvalue weighted by molar-refractivity contribution is 6.01. The minimum absolute atomic E-state index is 0.0547. The van der Waals surface area contributed by atoms with E-state index >= 15 is 9.59 Å². The van der Waals surface area contributed by atoms with Crippen molar-refractivity contribution in [2.45, 2.75) is 224 Å². The van der Waals surface area contributed by atoms with E-state index in [1.165, 1.54) is 115 Å². The second-order valence-corrected chi connectivity index (χ2v) is 29.0. The van der Waals surface area contributed by atoms with Crippen LogP contribution in [0.15, 0.2) is 36.4 Å². The Kier molecular flexibility index (Phi) is 28.7. The number of nitrogens with zero attached hydrogens (tertiary/aromatic N) is 9. The van der Waals surface area contributed by atoms with Gasteiger partial charge in [0.25, 0.3) is 0 Å². The number of carbonyl (C=O) groups excluding carboxylic acids is 11. The van der Waals surface area contributed by atoms with Crippen molar-refractivity contribution in [2.75, 3.05) is 75.5 Å². The molecule has 5 N–H and O–H groups in total. The molecule has 0 bridgehead atoms. The molecule has 6 rings (SSSR count). The monoisotopic (exact) mass is 1400 g/mol. The van der Waals surface area contributed by atoms with Crippen LogP contribution in [0, 0.1) is 43.2 Å². The smallest absolute Gasteiger partial charge is 0.323 e. The third kappa shape index (κ3) is 19.1. The number of amides is 11. The number of likely N-dealkylation sites (tertiary alicyclic amines) is 2. The summed E-state index contributed by atoms with van der Waals surface area (Å²) in [6.45, 7) is 13.6. The van der Waals surface area contributed by atoms with Crippen LogP contribution in [-0.2, 0) is 70.4 Å². The molecule has 2 saturated heterocycles. The molecule has 2 aliphatic carbocycles. The number of hydrogen-bond acceptors (Lipinski definition) is 13. The Hall–Kier alpha value is -8.10. The second-order valence-electron chi connectivity index (χ2n) is 29.0. The van der Waals surface area contributed by atoms with Crippen molar-refractivity contribution >= 4 is 70.9 Å². The number of hydrogen-bond donors (Lipinski definition) is 4. The Bertz CT molecular complexity index is 3280. The lowest BCUT2D eigenvalue weighted by atomic mass is 9.90. The van der Waals surface area contributed by atoms with Gasteiger partial charge in [0.1, 0.15) is 72.1 Å². The van der Waals surface area contributed by atoms with Crippen molar-refractivity contribution in [3.05, 3.63) is 70.3 Å². The Morgan fingerprint density at radius 1 is 0.670 bits per heavy atom. The van der Waals surface area contributed by atoms with E-state index in [1.807, 2.05) is 52.0 Å². The highest BCUT2D eigenvalue weighted by Crippen LogP contribution is 2.37. The van der Waals surface area contributed by atoms with E-state index in [2.05, 4.69) is 10.6 Å². The predicted molar refractivity (Wildman–Crippen MR) is 371 cm³/mol. The molecule has 0 unspecified atom stereocenters. The first-order valence-corrected chi connectivity index (χ1v) is 35.6. The van der Waals surface area contributed by atoms with E-state index in [4.69, 9.17) is 5.73 Å². The van der Waals surface area contributed by atoms with Crippen LogP contribution in [0.3, 0.4) is 0 Å². The zero-order valence-corrected chi connectivity index (χ0v) is 61.4. The highest BCUT2D eigenvalue weighted by atomic mass is 19.1. The molecule has 10 atom stereocenters. The van der Waals surface area contributed by atoms with Gasteiger partial charge in [0, 0.05) is 81.0 Å². The lowest BCUT2D eigenvalue weighted by molar-refractivity contribution is -0.161. The van der Waals surface area contributed by atoms with E-state index in [0.29, 0.717) is 50.5 Å². The van der Waals surface area contributed by atoms with Crippen LogP contribution in [0.4, 0.5) is 8.78 Å². The van der Waals surface area contributed by atoms with Gasteiger partial charge in [-0.3, -0.25) is 57.5 Å². The van der Waals surface area contributed by atoms with Gasteiger partial charge < -0.3 is 65.6 Å². The first-order chi connectivity index (χ1) is 47.0. The molecular weight excluding hydrogens is 1290 g/mol. The molecule has 27 heteroatoms. The van der Waals surface area contributed by atoms with Gasteiger partial charge >= 0.3 is 5.97 Å². The average Bonchev–Trinajstić information content (AvgIpc) is 1.31. The first kappa shape index (κ1) is 80.9. The van der Waals surface area contributed by atoms with Gasteiger partial charge in [0.2, 0.25) is 65.0 Å². The summed E-state index contributed by atoms with van der Waals surface area (Å²) >= 11 is 0. The van der Waals surface area contributed by atoms with Crippen LogP contribution in [0.5, 0.6) is 0 Å². The van der Waals surface area contributed by atoms with E-state index in [-0.39, 0.29) is 82.0 Å². The van der Waals surface area contributed by atoms with Gasteiger partial charge in [-0.15, -0.1) is 0 Å². The Balaban J connectivity index is 1.17. The van der Waals surface area contributed by atoms with Crippen molar-refractivity contribution in [1.82, 2.24) is 54.7 Å². The number of nitrogens with two attached hydrogens (primary N) is 1. The molecule has 0 spiro atoms. The maximum atomic E-state index is 15.4. The number of aryl methyl sites for hydroxylation is 2. The molecule has 2 saturated carbocycles. The molecule has 4 fully saturated rings. The largest absolute Gasteiger partial charge is 0.480 e.